The van der Waals surface area contributed by atoms with Gasteiger partial charge in [0.2, 0.25) is 0 Å². The zero-order chi connectivity index (χ0) is 12.7. The maximum Gasteiger partial charge on any atom is 0.325 e. The molecule has 0 aliphatic heterocycles. The van der Waals surface area contributed by atoms with Gasteiger partial charge in [-0.05, 0) is 19.1 Å². The van der Waals surface area contributed by atoms with Gasteiger partial charge in [-0.3, -0.25) is 14.6 Å². The van der Waals surface area contributed by atoms with Crippen LogP contribution in [0.2, 0.25) is 0 Å². The van der Waals surface area contributed by atoms with E-state index >= 15 is 0 Å². The zero-order valence-corrected chi connectivity index (χ0v) is 9.60. The first-order valence-electron chi connectivity index (χ1n) is 5.26. The van der Waals surface area contributed by atoms with E-state index in [1.807, 2.05) is 0 Å². The number of esters is 1. The minimum Gasteiger partial charge on any atom is -0.465 e. The molecule has 1 aromatic heterocycles. The van der Waals surface area contributed by atoms with Crippen LogP contribution in [0.25, 0.3) is 0 Å². The van der Waals surface area contributed by atoms with Crippen molar-refractivity contribution in [2.75, 3.05) is 13.2 Å². The summed E-state index contributed by atoms with van der Waals surface area (Å²) >= 11 is 0. The van der Waals surface area contributed by atoms with E-state index in [0.29, 0.717) is 17.9 Å². The molecule has 3 N–H and O–H groups in total. The van der Waals surface area contributed by atoms with Crippen LogP contribution in [0.1, 0.15) is 23.0 Å². The molecular weight excluding hydrogens is 222 g/mol. The first-order valence-corrected chi connectivity index (χ1v) is 5.26. The number of nitrogens with one attached hydrogen (secondary N) is 1. The van der Waals surface area contributed by atoms with Crippen LogP contribution in [0, 0.1) is 0 Å². The van der Waals surface area contributed by atoms with Crippen molar-refractivity contribution in [2.24, 2.45) is 5.73 Å². The lowest BCUT2D eigenvalue weighted by Crippen LogP contribution is -2.30. The third-order valence-electron chi connectivity index (χ3n) is 1.99. The number of rotatable bonds is 5. The summed E-state index contributed by atoms with van der Waals surface area (Å²) in [5.74, 6) is -0.816. The molecule has 6 nitrogen and oxygen atoms in total. The maximum atomic E-state index is 11.6. The number of pyridine rings is 1. The summed E-state index contributed by atoms with van der Waals surface area (Å²) in [5.41, 5.74) is 6.45. The van der Waals surface area contributed by atoms with Crippen molar-refractivity contribution in [1.29, 1.82) is 0 Å². The minimum atomic E-state index is -0.464. The van der Waals surface area contributed by atoms with Crippen LogP contribution >= 0.6 is 0 Å². The second kappa shape index (κ2) is 6.59. The Morgan fingerprint density at radius 2 is 2.29 bits per heavy atom. The standard InChI is InChI=1S/C11H15N3O3/c1-2-17-10(15)7-14-11(16)8-3-4-13-9(5-8)6-12/h3-5H,2,6-7,12H2,1H3,(H,14,16). The summed E-state index contributed by atoms with van der Waals surface area (Å²) in [5, 5.41) is 2.45. The Labute approximate surface area is 99.2 Å². The predicted molar refractivity (Wildman–Crippen MR) is 61.1 cm³/mol. The largest absolute Gasteiger partial charge is 0.465 e. The molecule has 6 heteroatoms. The first-order chi connectivity index (χ1) is 8.17. The second-order valence-electron chi connectivity index (χ2n) is 3.23. The van der Waals surface area contributed by atoms with Crippen LogP contribution < -0.4 is 11.1 Å². The summed E-state index contributed by atoms with van der Waals surface area (Å²) in [6.45, 7) is 2.11. The Kier molecular flexibility index (Phi) is 5.09. The van der Waals surface area contributed by atoms with Gasteiger partial charge < -0.3 is 15.8 Å². The lowest BCUT2D eigenvalue weighted by atomic mass is 10.2. The van der Waals surface area contributed by atoms with Gasteiger partial charge in [-0.15, -0.1) is 0 Å². The summed E-state index contributed by atoms with van der Waals surface area (Å²) in [6, 6.07) is 3.14. The number of carbonyl (C=O) groups excluding carboxylic acids is 2. The van der Waals surface area contributed by atoms with Gasteiger partial charge in [0.15, 0.2) is 0 Å². The van der Waals surface area contributed by atoms with E-state index < -0.39 is 5.97 Å². The van der Waals surface area contributed by atoms with E-state index in [2.05, 4.69) is 15.0 Å². The molecular formula is C11H15N3O3. The van der Waals surface area contributed by atoms with E-state index in [1.54, 1.807) is 19.1 Å². The Morgan fingerprint density at radius 1 is 1.53 bits per heavy atom. The topological polar surface area (TPSA) is 94.3 Å². The third kappa shape index (κ3) is 4.20. The van der Waals surface area contributed by atoms with Crippen LogP contribution in [-0.4, -0.2) is 30.0 Å². The number of nitrogens with two attached hydrogens (primary N) is 1. The van der Waals surface area contributed by atoms with E-state index in [0.717, 1.165) is 0 Å². The average molecular weight is 237 g/mol. The number of nitrogens with zero attached hydrogens (tertiary/aromatic N) is 1. The number of hydrogen-bond donors (Lipinski definition) is 2. The molecule has 0 saturated heterocycles. The van der Waals surface area contributed by atoms with Gasteiger partial charge in [0.1, 0.15) is 6.54 Å². The smallest absolute Gasteiger partial charge is 0.325 e. The highest BCUT2D eigenvalue weighted by atomic mass is 16.5. The average Bonchev–Trinajstić information content (AvgIpc) is 2.36. The third-order valence-corrected chi connectivity index (χ3v) is 1.99. The lowest BCUT2D eigenvalue weighted by molar-refractivity contribution is -0.141. The maximum absolute atomic E-state index is 11.6. The molecule has 1 rings (SSSR count). The van der Waals surface area contributed by atoms with Crippen molar-refractivity contribution in [1.82, 2.24) is 10.3 Å². The van der Waals surface area contributed by atoms with Gasteiger partial charge in [0.25, 0.3) is 5.91 Å². The molecule has 1 amide bonds. The van der Waals surface area contributed by atoms with Crippen LogP contribution in [0.5, 0.6) is 0 Å². The number of aromatic nitrogens is 1. The SMILES string of the molecule is CCOC(=O)CNC(=O)c1ccnc(CN)c1. The van der Waals surface area contributed by atoms with Crippen LogP contribution in [0.15, 0.2) is 18.3 Å². The molecule has 0 unspecified atom stereocenters. The number of ether oxygens (including phenoxy) is 1. The fraction of sp³-hybridized carbons (Fsp3) is 0.364. The Balaban J connectivity index is 2.54. The highest BCUT2D eigenvalue weighted by Gasteiger charge is 2.08. The number of hydrogen-bond acceptors (Lipinski definition) is 5. The molecule has 0 aromatic carbocycles. The Hall–Kier alpha value is -1.95. The molecule has 0 fully saturated rings. The van der Waals surface area contributed by atoms with Gasteiger partial charge in [-0.25, -0.2) is 0 Å². The Morgan fingerprint density at radius 3 is 2.94 bits per heavy atom. The monoisotopic (exact) mass is 237 g/mol. The molecule has 1 aromatic rings. The lowest BCUT2D eigenvalue weighted by Gasteiger charge is -2.05. The normalized spacial score (nSPS) is 9.76. The van der Waals surface area contributed by atoms with Gasteiger partial charge in [0.05, 0.1) is 12.3 Å². The van der Waals surface area contributed by atoms with E-state index in [4.69, 9.17) is 5.73 Å². The first kappa shape index (κ1) is 13.1. The van der Waals surface area contributed by atoms with Crippen LogP contribution in [0.3, 0.4) is 0 Å². The van der Waals surface area contributed by atoms with E-state index in [-0.39, 0.29) is 19.0 Å². The molecule has 92 valence electrons. The van der Waals surface area contributed by atoms with Gasteiger partial charge >= 0.3 is 5.97 Å². The fourth-order valence-electron chi connectivity index (χ4n) is 1.20. The van der Waals surface area contributed by atoms with Crippen molar-refractivity contribution in [3.8, 4) is 0 Å². The van der Waals surface area contributed by atoms with Crippen LogP contribution in [-0.2, 0) is 16.1 Å². The summed E-state index contributed by atoms with van der Waals surface area (Å²) in [7, 11) is 0. The van der Waals surface area contributed by atoms with Crippen molar-refractivity contribution < 1.29 is 14.3 Å². The van der Waals surface area contributed by atoms with Gasteiger partial charge in [-0.2, -0.15) is 0 Å². The molecule has 0 aliphatic rings. The predicted octanol–water partition coefficient (Wildman–Crippen LogP) is -0.167. The fourth-order valence-corrected chi connectivity index (χ4v) is 1.20. The molecule has 0 radical (unpaired) electrons. The quantitative estimate of drug-likeness (QED) is 0.693. The summed E-state index contributed by atoms with van der Waals surface area (Å²) < 4.78 is 4.69. The van der Waals surface area contributed by atoms with Crippen molar-refractivity contribution in [3.63, 3.8) is 0 Å². The number of amides is 1. The summed E-state index contributed by atoms with van der Waals surface area (Å²) in [4.78, 5) is 26.6. The highest BCUT2D eigenvalue weighted by Crippen LogP contribution is 2.00. The second-order valence-corrected chi connectivity index (χ2v) is 3.23. The molecule has 0 spiro atoms. The van der Waals surface area contributed by atoms with Gasteiger partial charge in [0, 0.05) is 18.3 Å². The van der Waals surface area contributed by atoms with E-state index in [9.17, 15) is 9.59 Å². The molecule has 17 heavy (non-hydrogen) atoms. The molecule has 0 saturated carbocycles. The summed E-state index contributed by atoms with van der Waals surface area (Å²) in [6.07, 6.45) is 1.50. The highest BCUT2D eigenvalue weighted by molar-refractivity contribution is 5.95. The van der Waals surface area contributed by atoms with E-state index in [1.165, 1.54) is 6.20 Å². The molecule has 0 atom stereocenters. The Bertz CT molecular complexity index is 407. The van der Waals surface area contributed by atoms with Crippen molar-refractivity contribution >= 4 is 11.9 Å². The van der Waals surface area contributed by atoms with Crippen LogP contribution in [0.4, 0.5) is 0 Å². The molecule has 0 aliphatic carbocycles. The van der Waals surface area contributed by atoms with Crippen molar-refractivity contribution in [2.45, 2.75) is 13.5 Å². The van der Waals surface area contributed by atoms with Gasteiger partial charge in [-0.1, -0.05) is 0 Å². The van der Waals surface area contributed by atoms with Crippen molar-refractivity contribution in [3.05, 3.63) is 29.6 Å². The zero-order valence-electron chi connectivity index (χ0n) is 9.60. The molecule has 1 heterocycles. The molecule has 0 bridgehead atoms. The minimum absolute atomic E-state index is 0.146. The number of carbonyl (C=O) groups is 2.